The van der Waals surface area contributed by atoms with Crippen LogP contribution in [-0.2, 0) is 20.2 Å². The van der Waals surface area contributed by atoms with E-state index in [9.17, 15) is 16.8 Å². The van der Waals surface area contributed by atoms with Gasteiger partial charge in [-0.15, -0.1) is 0 Å². The normalized spacial score (nSPS) is 12.8. The predicted molar refractivity (Wildman–Crippen MR) is 87.6 cm³/mol. The third-order valence-corrected chi connectivity index (χ3v) is 5.34. The molecule has 0 fully saturated rings. The van der Waals surface area contributed by atoms with E-state index >= 15 is 0 Å². The summed E-state index contributed by atoms with van der Waals surface area (Å²) in [4.78, 5) is 0. The SMILES string of the molecule is C=Cc1ccc(OCC(CC)(CS(=O)(=O)O)CS(=O)(=O)O)cc1. The molecule has 0 bridgehead atoms. The second-order valence-corrected chi connectivity index (χ2v) is 8.27. The Morgan fingerprint density at radius 2 is 1.57 bits per heavy atom. The van der Waals surface area contributed by atoms with Crippen LogP contribution in [0.4, 0.5) is 0 Å². The van der Waals surface area contributed by atoms with E-state index in [1.54, 1.807) is 37.3 Å². The highest BCUT2D eigenvalue weighted by atomic mass is 32.2. The molecule has 0 radical (unpaired) electrons. The fourth-order valence-corrected chi connectivity index (χ4v) is 4.60. The molecule has 0 aliphatic heterocycles. The zero-order chi connectivity index (χ0) is 17.7. The highest BCUT2D eigenvalue weighted by molar-refractivity contribution is 7.86. The van der Waals surface area contributed by atoms with Crippen molar-refractivity contribution >= 4 is 26.3 Å². The molecule has 0 saturated heterocycles. The zero-order valence-electron chi connectivity index (χ0n) is 12.7. The van der Waals surface area contributed by atoms with Gasteiger partial charge in [0.15, 0.2) is 0 Å². The Bertz CT molecular complexity index is 700. The summed E-state index contributed by atoms with van der Waals surface area (Å²) in [5.74, 6) is -1.26. The Labute approximate surface area is 136 Å². The molecule has 0 aromatic heterocycles. The second-order valence-electron chi connectivity index (χ2n) is 5.37. The molecule has 0 aliphatic rings. The van der Waals surface area contributed by atoms with Crippen molar-refractivity contribution in [1.29, 1.82) is 0 Å². The van der Waals surface area contributed by atoms with E-state index < -0.39 is 37.2 Å². The molecule has 23 heavy (non-hydrogen) atoms. The number of ether oxygens (including phenoxy) is 1. The molecule has 0 unspecified atom stereocenters. The standard InChI is InChI=1S/C14H20O7S2/c1-3-12-5-7-13(8-6-12)21-9-14(4-2,10-22(15,16)17)11-23(18,19)20/h3,5-8H,1,4,9-11H2,2H3,(H,15,16,17)(H,18,19,20). The van der Waals surface area contributed by atoms with Crippen molar-refractivity contribution in [3.63, 3.8) is 0 Å². The molecular weight excluding hydrogens is 344 g/mol. The van der Waals surface area contributed by atoms with Crippen LogP contribution in [0.3, 0.4) is 0 Å². The van der Waals surface area contributed by atoms with Gasteiger partial charge < -0.3 is 4.74 Å². The largest absolute Gasteiger partial charge is 0.493 e. The Morgan fingerprint density at radius 1 is 1.09 bits per heavy atom. The summed E-state index contributed by atoms with van der Waals surface area (Å²) < 4.78 is 68.4. The van der Waals surface area contributed by atoms with Crippen molar-refractivity contribution in [3.05, 3.63) is 36.4 Å². The summed E-state index contributed by atoms with van der Waals surface area (Å²) in [6, 6.07) is 6.69. The lowest BCUT2D eigenvalue weighted by Gasteiger charge is -2.30. The van der Waals surface area contributed by atoms with Gasteiger partial charge in [0.25, 0.3) is 20.2 Å². The first-order chi connectivity index (χ1) is 10.5. The summed E-state index contributed by atoms with van der Waals surface area (Å²) in [6.45, 7) is 4.87. The van der Waals surface area contributed by atoms with Crippen LogP contribution in [0.5, 0.6) is 5.75 Å². The molecule has 0 heterocycles. The third-order valence-electron chi connectivity index (χ3n) is 3.39. The van der Waals surface area contributed by atoms with Crippen LogP contribution in [0, 0.1) is 5.41 Å². The second kappa shape index (κ2) is 7.43. The maximum atomic E-state index is 11.2. The first-order valence-electron chi connectivity index (χ1n) is 6.74. The molecule has 0 spiro atoms. The van der Waals surface area contributed by atoms with Gasteiger partial charge in [-0.05, 0) is 24.1 Å². The Kier molecular flexibility index (Phi) is 6.34. The predicted octanol–water partition coefficient (Wildman–Crippen LogP) is 1.88. The Hall–Kier alpha value is -1.42. The van der Waals surface area contributed by atoms with Crippen LogP contribution in [0.25, 0.3) is 6.08 Å². The average Bonchev–Trinajstić information content (AvgIpc) is 2.42. The molecule has 130 valence electrons. The quantitative estimate of drug-likeness (QED) is 0.642. The van der Waals surface area contributed by atoms with Crippen LogP contribution in [0.15, 0.2) is 30.8 Å². The molecule has 1 aromatic carbocycles. The lowest BCUT2D eigenvalue weighted by Crippen LogP contribution is -2.41. The van der Waals surface area contributed by atoms with Gasteiger partial charge in [-0.25, -0.2) is 0 Å². The van der Waals surface area contributed by atoms with Gasteiger partial charge in [-0.3, -0.25) is 9.11 Å². The molecule has 0 aliphatic carbocycles. The van der Waals surface area contributed by atoms with Crippen LogP contribution in [0.1, 0.15) is 18.9 Å². The first-order valence-corrected chi connectivity index (χ1v) is 9.96. The summed E-state index contributed by atoms with van der Waals surface area (Å²) in [5, 5.41) is 0. The summed E-state index contributed by atoms with van der Waals surface area (Å²) in [5.41, 5.74) is -0.604. The highest BCUT2D eigenvalue weighted by Gasteiger charge is 2.38. The first kappa shape index (κ1) is 19.6. The van der Waals surface area contributed by atoms with Crippen LogP contribution < -0.4 is 4.74 Å². The molecule has 0 saturated carbocycles. The monoisotopic (exact) mass is 364 g/mol. The maximum Gasteiger partial charge on any atom is 0.265 e. The van der Waals surface area contributed by atoms with E-state index in [0.717, 1.165) is 5.56 Å². The summed E-state index contributed by atoms with van der Waals surface area (Å²) >= 11 is 0. The van der Waals surface area contributed by atoms with E-state index in [4.69, 9.17) is 13.8 Å². The van der Waals surface area contributed by atoms with Gasteiger partial charge in [0.05, 0.1) is 18.1 Å². The molecule has 0 atom stereocenters. The molecule has 1 rings (SSSR count). The minimum absolute atomic E-state index is 0.0668. The number of rotatable bonds is 9. The van der Waals surface area contributed by atoms with Gasteiger partial charge in [0.2, 0.25) is 0 Å². The van der Waals surface area contributed by atoms with Crippen LogP contribution >= 0.6 is 0 Å². The van der Waals surface area contributed by atoms with Crippen molar-refractivity contribution in [2.75, 3.05) is 18.1 Å². The highest BCUT2D eigenvalue weighted by Crippen LogP contribution is 2.28. The molecule has 2 N–H and O–H groups in total. The Balaban J connectivity index is 3.00. The van der Waals surface area contributed by atoms with Crippen molar-refractivity contribution in [1.82, 2.24) is 0 Å². The average molecular weight is 364 g/mol. The zero-order valence-corrected chi connectivity index (χ0v) is 14.3. The molecule has 9 heteroatoms. The fourth-order valence-electron chi connectivity index (χ4n) is 2.14. The lowest BCUT2D eigenvalue weighted by molar-refractivity contribution is 0.175. The fraction of sp³-hybridized carbons (Fsp3) is 0.429. The van der Waals surface area contributed by atoms with E-state index in [0.29, 0.717) is 5.75 Å². The van der Waals surface area contributed by atoms with Gasteiger partial charge in [0, 0.05) is 5.41 Å². The summed E-state index contributed by atoms with van der Waals surface area (Å²) in [6.07, 6.45) is 1.70. The number of hydrogen-bond acceptors (Lipinski definition) is 5. The van der Waals surface area contributed by atoms with Gasteiger partial charge in [-0.1, -0.05) is 31.7 Å². The minimum Gasteiger partial charge on any atom is -0.493 e. The van der Waals surface area contributed by atoms with Crippen LogP contribution in [0.2, 0.25) is 0 Å². The smallest absolute Gasteiger partial charge is 0.265 e. The van der Waals surface area contributed by atoms with Gasteiger partial charge in [-0.2, -0.15) is 16.8 Å². The third kappa shape index (κ3) is 7.12. The van der Waals surface area contributed by atoms with Crippen molar-refractivity contribution in [2.45, 2.75) is 13.3 Å². The minimum atomic E-state index is -4.45. The van der Waals surface area contributed by atoms with E-state index in [2.05, 4.69) is 6.58 Å². The topological polar surface area (TPSA) is 118 Å². The van der Waals surface area contributed by atoms with Crippen molar-refractivity contribution in [2.24, 2.45) is 5.41 Å². The summed E-state index contributed by atoms with van der Waals surface area (Å²) in [7, 11) is -8.90. The molecule has 0 amide bonds. The van der Waals surface area contributed by atoms with Gasteiger partial charge in [0.1, 0.15) is 5.75 Å². The van der Waals surface area contributed by atoms with Crippen molar-refractivity contribution < 1.29 is 30.7 Å². The van der Waals surface area contributed by atoms with E-state index in [1.807, 2.05) is 0 Å². The molecule has 7 nitrogen and oxygen atoms in total. The molecule has 1 aromatic rings. The number of benzene rings is 1. The maximum absolute atomic E-state index is 11.2. The van der Waals surface area contributed by atoms with E-state index in [1.165, 1.54) is 0 Å². The number of hydrogen-bond donors (Lipinski definition) is 2. The van der Waals surface area contributed by atoms with E-state index in [-0.39, 0.29) is 13.0 Å². The lowest BCUT2D eigenvalue weighted by atomic mass is 9.91. The molecular formula is C14H20O7S2. The van der Waals surface area contributed by atoms with Crippen LogP contribution in [-0.4, -0.2) is 44.1 Å². The Morgan fingerprint density at radius 3 is 1.91 bits per heavy atom. The van der Waals surface area contributed by atoms with Gasteiger partial charge >= 0.3 is 0 Å². The van der Waals surface area contributed by atoms with Crippen molar-refractivity contribution in [3.8, 4) is 5.75 Å².